The summed E-state index contributed by atoms with van der Waals surface area (Å²) < 4.78 is 50.6. The van der Waals surface area contributed by atoms with Crippen LogP contribution >= 0.6 is 0 Å². The molecule has 2 aromatic rings. The van der Waals surface area contributed by atoms with Crippen molar-refractivity contribution in [2.45, 2.75) is 74.1 Å². The first-order valence-corrected chi connectivity index (χ1v) is 16.3. The Hall–Kier alpha value is -3.27. The van der Waals surface area contributed by atoms with E-state index in [0.717, 1.165) is 22.9 Å². The molecule has 14 heteroatoms. The van der Waals surface area contributed by atoms with E-state index in [1.165, 1.54) is 24.3 Å². The summed E-state index contributed by atoms with van der Waals surface area (Å²) in [5, 5.41) is 14.3. The van der Waals surface area contributed by atoms with E-state index in [4.69, 9.17) is 29.5 Å². The van der Waals surface area contributed by atoms with Gasteiger partial charge < -0.3 is 35.1 Å². The average Bonchev–Trinajstić information content (AvgIpc) is 3.77. The van der Waals surface area contributed by atoms with Gasteiger partial charge in [0.25, 0.3) is 15.9 Å². The number of nitrogens with one attached hydrogen (secondary N) is 1. The Morgan fingerprint density at radius 3 is 2.59 bits per heavy atom. The fraction of sp³-hybridized carbons (Fsp3) is 0.533. The minimum absolute atomic E-state index is 0.0681. The normalized spacial score (nSPS) is 23.3. The average molecular weight is 634 g/mol. The van der Waals surface area contributed by atoms with Crippen LogP contribution in [-0.2, 0) is 40.3 Å². The first-order valence-electron chi connectivity index (χ1n) is 14.8. The van der Waals surface area contributed by atoms with Gasteiger partial charge in [-0.2, -0.15) is 0 Å². The third kappa shape index (κ3) is 8.25. The molecule has 44 heavy (non-hydrogen) atoms. The van der Waals surface area contributed by atoms with Gasteiger partial charge in [-0.05, 0) is 43.4 Å². The number of nitrogens with zero attached hydrogens (tertiary/aromatic N) is 1. The van der Waals surface area contributed by atoms with E-state index >= 15 is 0 Å². The highest BCUT2D eigenvalue weighted by Crippen LogP contribution is 2.33. The maximum atomic E-state index is 13.9. The standard InChI is InChI=1S/C30H39N3O10S/c31-28(35)19-40-22-11-6-12-23(16-22)44(37,38)33(43-21-9-4-5-10-21)17-26(34)25(15-20-7-2-1-3-8-20)32-30(36)42-27-18-41-29-24(27)13-14-39-29/h1-3,6-8,11-12,16,21,24-27,29,34H,4-5,9-10,13-15,17-19H2,(H2,31,35)(H,32,36)/t24-,25-,26-,27-,29+/m0/s1. The third-order valence-corrected chi connectivity index (χ3v) is 9.59. The smallest absolute Gasteiger partial charge is 0.407 e. The largest absolute Gasteiger partial charge is 0.484 e. The van der Waals surface area contributed by atoms with Gasteiger partial charge in [0.15, 0.2) is 12.9 Å². The molecular weight excluding hydrogens is 594 g/mol. The number of aliphatic hydroxyl groups excluding tert-OH is 1. The van der Waals surface area contributed by atoms with Crippen molar-refractivity contribution in [2.24, 2.45) is 11.7 Å². The number of nitrogens with two attached hydrogens (primary N) is 1. The number of alkyl carbamates (subject to hydrolysis) is 1. The fourth-order valence-electron chi connectivity index (χ4n) is 5.66. The lowest BCUT2D eigenvalue weighted by atomic mass is 10.0. The van der Waals surface area contributed by atoms with Crippen LogP contribution in [0.2, 0.25) is 0 Å². The lowest BCUT2D eigenvalue weighted by molar-refractivity contribution is -0.145. The van der Waals surface area contributed by atoms with E-state index in [0.29, 0.717) is 25.9 Å². The number of rotatable bonds is 14. The Morgan fingerprint density at radius 1 is 1.07 bits per heavy atom. The molecule has 2 aliphatic heterocycles. The summed E-state index contributed by atoms with van der Waals surface area (Å²) in [6.07, 6.45) is 0.605. The van der Waals surface area contributed by atoms with Crippen molar-refractivity contribution >= 4 is 22.0 Å². The van der Waals surface area contributed by atoms with E-state index in [1.54, 1.807) is 0 Å². The van der Waals surface area contributed by atoms with Crippen molar-refractivity contribution in [3.8, 4) is 5.75 Å². The second kappa shape index (κ2) is 14.7. The van der Waals surface area contributed by atoms with E-state index in [9.17, 15) is 23.1 Å². The summed E-state index contributed by atoms with van der Waals surface area (Å²) in [5.74, 6) is -0.648. The molecule has 4 N–H and O–H groups in total. The second-order valence-corrected chi connectivity index (χ2v) is 13.0. The SMILES string of the molecule is NC(=O)COc1cccc(S(=O)(=O)N(C[C@H](O)[C@H](Cc2ccccc2)NC(=O)O[C@H]2CO[C@H]3OCC[C@H]32)OC2CCCC2)c1. The zero-order chi connectivity index (χ0) is 31.1. The zero-order valence-electron chi connectivity index (χ0n) is 24.3. The zero-order valence-corrected chi connectivity index (χ0v) is 25.1. The van der Waals surface area contributed by atoms with Crippen molar-refractivity contribution in [1.29, 1.82) is 0 Å². The van der Waals surface area contributed by atoms with Crippen LogP contribution in [0.3, 0.4) is 0 Å². The lowest BCUT2D eigenvalue weighted by Crippen LogP contribution is -2.51. The van der Waals surface area contributed by atoms with Crippen LogP contribution < -0.4 is 15.8 Å². The molecule has 0 spiro atoms. The Balaban J connectivity index is 1.34. The highest BCUT2D eigenvalue weighted by molar-refractivity contribution is 7.89. The molecule has 0 radical (unpaired) electrons. The van der Waals surface area contributed by atoms with Crippen LogP contribution in [0.15, 0.2) is 59.5 Å². The molecule has 2 heterocycles. The molecule has 1 saturated carbocycles. The van der Waals surface area contributed by atoms with Crippen molar-refractivity contribution < 1.29 is 46.9 Å². The molecule has 2 aromatic carbocycles. The summed E-state index contributed by atoms with van der Waals surface area (Å²) in [4.78, 5) is 30.1. The Kier molecular flexibility index (Phi) is 10.7. The topological polar surface area (TPSA) is 176 Å². The van der Waals surface area contributed by atoms with Crippen molar-refractivity contribution in [3.05, 3.63) is 60.2 Å². The Labute approximate surface area is 256 Å². The molecule has 0 unspecified atom stereocenters. The van der Waals surface area contributed by atoms with Gasteiger partial charge in [0.1, 0.15) is 11.9 Å². The monoisotopic (exact) mass is 633 g/mol. The van der Waals surface area contributed by atoms with E-state index in [-0.39, 0.29) is 35.7 Å². The number of benzene rings is 2. The number of sulfonamides is 1. The third-order valence-electron chi connectivity index (χ3n) is 7.97. The van der Waals surface area contributed by atoms with Crippen LogP contribution in [0.5, 0.6) is 5.75 Å². The maximum absolute atomic E-state index is 13.9. The molecule has 240 valence electrons. The van der Waals surface area contributed by atoms with E-state index in [1.807, 2.05) is 30.3 Å². The van der Waals surface area contributed by atoms with Crippen molar-refractivity contribution in [1.82, 2.24) is 9.79 Å². The number of hydrogen-bond donors (Lipinski definition) is 3. The Morgan fingerprint density at radius 2 is 1.84 bits per heavy atom. The first-order chi connectivity index (χ1) is 21.2. The van der Waals surface area contributed by atoms with Gasteiger partial charge in [0, 0.05) is 6.07 Å². The number of primary amides is 1. The van der Waals surface area contributed by atoms with Gasteiger partial charge >= 0.3 is 6.09 Å². The second-order valence-electron chi connectivity index (χ2n) is 11.2. The van der Waals surface area contributed by atoms with Crippen LogP contribution in [0.1, 0.15) is 37.7 Å². The summed E-state index contributed by atoms with van der Waals surface area (Å²) in [6, 6.07) is 13.9. The molecule has 2 amide bonds. The summed E-state index contributed by atoms with van der Waals surface area (Å²) in [6.45, 7) is -0.168. The van der Waals surface area contributed by atoms with Crippen molar-refractivity contribution in [2.75, 3.05) is 26.4 Å². The number of hydroxylamine groups is 1. The van der Waals surface area contributed by atoms with Gasteiger partial charge in [-0.1, -0.05) is 53.7 Å². The Bertz CT molecular complexity index is 1370. The lowest BCUT2D eigenvalue weighted by Gasteiger charge is -2.31. The molecule has 0 bridgehead atoms. The maximum Gasteiger partial charge on any atom is 0.407 e. The molecule has 3 aliphatic rings. The predicted molar refractivity (Wildman–Crippen MR) is 156 cm³/mol. The number of amides is 2. The van der Waals surface area contributed by atoms with Gasteiger partial charge in [0.05, 0.1) is 48.8 Å². The number of hydrogen-bond acceptors (Lipinski definition) is 10. The van der Waals surface area contributed by atoms with E-state index < -0.39 is 59.7 Å². The predicted octanol–water partition coefficient (Wildman–Crippen LogP) is 1.88. The highest BCUT2D eigenvalue weighted by atomic mass is 32.2. The molecule has 0 aromatic heterocycles. The molecule has 3 fully saturated rings. The molecule has 1 aliphatic carbocycles. The number of carbonyl (C=O) groups excluding carboxylic acids is 2. The minimum atomic E-state index is -4.33. The van der Waals surface area contributed by atoms with Gasteiger partial charge in [-0.3, -0.25) is 9.63 Å². The van der Waals surface area contributed by atoms with Crippen LogP contribution in [0, 0.1) is 5.92 Å². The van der Waals surface area contributed by atoms with Gasteiger partial charge in [-0.25, -0.2) is 13.2 Å². The minimum Gasteiger partial charge on any atom is -0.484 e. The highest BCUT2D eigenvalue weighted by Gasteiger charge is 2.44. The molecule has 13 nitrogen and oxygen atoms in total. The number of carbonyl (C=O) groups is 2. The molecule has 5 rings (SSSR count). The quantitative estimate of drug-likeness (QED) is 0.261. The van der Waals surface area contributed by atoms with E-state index in [2.05, 4.69) is 5.32 Å². The fourth-order valence-corrected chi connectivity index (χ4v) is 6.99. The van der Waals surface area contributed by atoms with Crippen LogP contribution in [0.25, 0.3) is 0 Å². The summed E-state index contributed by atoms with van der Waals surface area (Å²) >= 11 is 0. The molecule has 2 saturated heterocycles. The number of aliphatic hydroxyl groups is 1. The summed E-state index contributed by atoms with van der Waals surface area (Å²) in [5.41, 5.74) is 5.97. The van der Waals surface area contributed by atoms with Gasteiger partial charge in [-0.15, -0.1) is 0 Å². The summed E-state index contributed by atoms with van der Waals surface area (Å²) in [7, 11) is -4.33. The number of fused-ring (bicyclic) bond motifs is 1. The van der Waals surface area contributed by atoms with Gasteiger partial charge in [0.2, 0.25) is 0 Å². The molecule has 5 atom stereocenters. The van der Waals surface area contributed by atoms with Crippen molar-refractivity contribution in [3.63, 3.8) is 0 Å². The van der Waals surface area contributed by atoms with Crippen LogP contribution in [0.4, 0.5) is 4.79 Å². The number of ether oxygens (including phenoxy) is 4. The first kappa shape index (κ1) is 32.1. The van der Waals surface area contributed by atoms with Crippen LogP contribution in [-0.4, -0.2) is 87.0 Å². The molecular formula is C30H39N3O10S.